The highest BCUT2D eigenvalue weighted by atomic mass is 19.4. The van der Waals surface area contributed by atoms with Crippen LogP contribution < -0.4 is 9.47 Å². The molecule has 0 radical (unpaired) electrons. The number of allylic oxidation sites excluding steroid dienone is 1. The number of alkyl halides is 3. The van der Waals surface area contributed by atoms with Crippen LogP contribution in [0.25, 0.3) is 6.08 Å². The number of rotatable bonds is 6. The molecule has 2 heterocycles. The molecule has 0 bridgehead atoms. The molecular weight excluding hydrogens is 509 g/mol. The number of hydrogen-bond donors (Lipinski definition) is 0. The molecule has 1 saturated carbocycles. The van der Waals surface area contributed by atoms with Gasteiger partial charge >= 0.3 is 6.18 Å². The lowest BCUT2D eigenvalue weighted by molar-refractivity contribution is -0.142. The second-order valence-corrected chi connectivity index (χ2v) is 9.71. The van der Waals surface area contributed by atoms with E-state index in [9.17, 15) is 18.0 Å². The number of halogens is 3. The molecule has 0 saturated heterocycles. The zero-order valence-corrected chi connectivity index (χ0v) is 21.9. The second kappa shape index (κ2) is 10.6. The summed E-state index contributed by atoms with van der Waals surface area (Å²) in [6.45, 7) is 1.15. The summed E-state index contributed by atoms with van der Waals surface area (Å²) < 4.78 is 51.3. The van der Waals surface area contributed by atoms with Crippen molar-refractivity contribution in [3.05, 3.63) is 82.7 Å². The minimum absolute atomic E-state index is 0.0509. The van der Waals surface area contributed by atoms with Crippen LogP contribution in [-0.4, -0.2) is 40.6 Å². The average molecular weight is 539 g/mol. The highest BCUT2D eigenvalue weighted by molar-refractivity contribution is 6.08. The van der Waals surface area contributed by atoms with E-state index in [4.69, 9.17) is 14.6 Å². The quantitative estimate of drug-likeness (QED) is 0.383. The molecule has 1 aliphatic carbocycles. The standard InChI is InChI=1S/C29H29F3N4O3/c1-18-15-25(29(30,31)32)33-35(18)17-26(37)36-28(20-9-13-23(39-3)14-10-20)24-6-4-5-21(27(24)34-36)16-19-7-11-22(38-2)12-8-19/h7-16,24,28H,4-6,17H2,1-3H3/b21-16+/t24-,28+/m0/s1. The summed E-state index contributed by atoms with van der Waals surface area (Å²) in [5, 5.41) is 9.90. The van der Waals surface area contributed by atoms with Gasteiger partial charge in [0.25, 0.3) is 5.91 Å². The number of aromatic nitrogens is 2. The minimum Gasteiger partial charge on any atom is -0.497 e. The molecule has 10 heteroatoms. The third-order valence-corrected chi connectivity index (χ3v) is 7.23. The zero-order chi connectivity index (χ0) is 27.7. The van der Waals surface area contributed by atoms with Crippen LogP contribution in [0.15, 0.2) is 65.3 Å². The zero-order valence-electron chi connectivity index (χ0n) is 21.9. The normalized spacial score (nSPS) is 20.1. The van der Waals surface area contributed by atoms with E-state index in [0.717, 1.165) is 58.2 Å². The molecule has 5 rings (SSSR count). The molecule has 1 amide bonds. The van der Waals surface area contributed by atoms with E-state index in [1.807, 2.05) is 48.5 Å². The van der Waals surface area contributed by atoms with E-state index in [2.05, 4.69) is 11.2 Å². The number of hydrogen-bond acceptors (Lipinski definition) is 5. The Morgan fingerprint density at radius 2 is 1.69 bits per heavy atom. The van der Waals surface area contributed by atoms with Crippen LogP contribution in [0.4, 0.5) is 13.2 Å². The third-order valence-electron chi connectivity index (χ3n) is 7.23. The van der Waals surface area contributed by atoms with Gasteiger partial charge in [-0.05, 0) is 79.3 Å². The van der Waals surface area contributed by atoms with Crippen LogP contribution >= 0.6 is 0 Å². The highest BCUT2D eigenvalue weighted by Gasteiger charge is 2.44. The number of fused-ring (bicyclic) bond motifs is 1. The van der Waals surface area contributed by atoms with Gasteiger partial charge in [0.15, 0.2) is 5.69 Å². The van der Waals surface area contributed by atoms with Crippen molar-refractivity contribution in [1.29, 1.82) is 0 Å². The molecule has 0 spiro atoms. The fourth-order valence-electron chi connectivity index (χ4n) is 5.25. The Morgan fingerprint density at radius 1 is 1.05 bits per heavy atom. The van der Waals surface area contributed by atoms with Gasteiger partial charge in [0, 0.05) is 11.6 Å². The maximum Gasteiger partial charge on any atom is 0.435 e. The summed E-state index contributed by atoms with van der Waals surface area (Å²) in [6, 6.07) is 15.7. The molecule has 1 fully saturated rings. The summed E-state index contributed by atoms with van der Waals surface area (Å²) >= 11 is 0. The van der Waals surface area contributed by atoms with E-state index in [0.29, 0.717) is 5.75 Å². The SMILES string of the molecule is COc1ccc(/C=C2\CCC[C@H]3C2=NN(C(=O)Cn2nc(C(F)(F)F)cc2C)[C@@H]3c2ccc(OC)cc2)cc1. The fourth-order valence-corrected chi connectivity index (χ4v) is 5.25. The second-order valence-electron chi connectivity index (χ2n) is 9.71. The first-order valence-corrected chi connectivity index (χ1v) is 12.7. The lowest BCUT2D eigenvalue weighted by Crippen LogP contribution is -2.34. The van der Waals surface area contributed by atoms with E-state index >= 15 is 0 Å². The number of carbonyl (C=O) groups is 1. The Bertz CT molecular complexity index is 1410. The molecule has 2 aliphatic rings. The number of amides is 1. The van der Waals surface area contributed by atoms with Gasteiger partial charge < -0.3 is 9.47 Å². The minimum atomic E-state index is -4.59. The molecule has 1 aliphatic heterocycles. The molecule has 1 aromatic heterocycles. The number of benzene rings is 2. The van der Waals surface area contributed by atoms with Crippen LogP contribution in [0.3, 0.4) is 0 Å². The Hall–Kier alpha value is -4.08. The van der Waals surface area contributed by atoms with Gasteiger partial charge in [-0.15, -0.1) is 0 Å². The summed E-state index contributed by atoms with van der Waals surface area (Å²) in [5.74, 6) is 0.966. The topological polar surface area (TPSA) is 69.0 Å². The number of aryl methyl sites for hydroxylation is 1. The van der Waals surface area contributed by atoms with E-state index in [1.54, 1.807) is 14.2 Å². The van der Waals surface area contributed by atoms with Crippen molar-refractivity contribution in [3.63, 3.8) is 0 Å². The predicted molar refractivity (Wildman–Crippen MR) is 140 cm³/mol. The van der Waals surface area contributed by atoms with Gasteiger partial charge in [-0.3, -0.25) is 9.48 Å². The predicted octanol–water partition coefficient (Wildman–Crippen LogP) is 6.05. The van der Waals surface area contributed by atoms with Crippen molar-refractivity contribution in [2.45, 2.75) is 44.9 Å². The highest BCUT2D eigenvalue weighted by Crippen LogP contribution is 2.45. The van der Waals surface area contributed by atoms with Gasteiger partial charge in [-0.25, -0.2) is 5.01 Å². The Morgan fingerprint density at radius 3 is 2.28 bits per heavy atom. The maximum absolute atomic E-state index is 13.6. The van der Waals surface area contributed by atoms with Crippen LogP contribution in [0.5, 0.6) is 11.5 Å². The van der Waals surface area contributed by atoms with Crippen molar-refractivity contribution in [3.8, 4) is 11.5 Å². The van der Waals surface area contributed by atoms with Gasteiger partial charge in [0.05, 0.1) is 26.0 Å². The number of ether oxygens (including phenoxy) is 2. The van der Waals surface area contributed by atoms with Crippen molar-refractivity contribution in [2.24, 2.45) is 11.0 Å². The largest absolute Gasteiger partial charge is 0.497 e. The van der Waals surface area contributed by atoms with Crippen molar-refractivity contribution in [2.75, 3.05) is 14.2 Å². The van der Waals surface area contributed by atoms with Crippen LogP contribution in [0, 0.1) is 12.8 Å². The Kier molecular flexibility index (Phi) is 7.20. The van der Waals surface area contributed by atoms with Gasteiger partial charge in [0.1, 0.15) is 18.0 Å². The van der Waals surface area contributed by atoms with Crippen molar-refractivity contribution >= 4 is 17.7 Å². The summed E-state index contributed by atoms with van der Waals surface area (Å²) in [7, 11) is 3.20. The smallest absolute Gasteiger partial charge is 0.435 e. The third kappa shape index (κ3) is 5.41. The number of carbonyl (C=O) groups excluding carboxylic acids is 1. The van der Waals surface area contributed by atoms with E-state index < -0.39 is 23.8 Å². The molecule has 7 nitrogen and oxygen atoms in total. The molecule has 204 valence electrons. The monoisotopic (exact) mass is 538 g/mol. The lowest BCUT2D eigenvalue weighted by atomic mass is 9.77. The Balaban J connectivity index is 1.50. The fraction of sp³-hybridized carbons (Fsp3) is 0.345. The molecule has 0 N–H and O–H groups in total. The van der Waals surface area contributed by atoms with Gasteiger partial charge in [0.2, 0.25) is 0 Å². The Labute approximate surface area is 224 Å². The molecule has 2 atom stereocenters. The van der Waals surface area contributed by atoms with Crippen LogP contribution in [-0.2, 0) is 17.5 Å². The first-order valence-electron chi connectivity index (χ1n) is 12.7. The molecular formula is C29H29F3N4O3. The van der Waals surface area contributed by atoms with Crippen molar-refractivity contribution < 1.29 is 27.4 Å². The molecule has 2 aromatic carbocycles. The lowest BCUT2D eigenvalue weighted by Gasteiger charge is -2.29. The first-order chi connectivity index (χ1) is 18.7. The molecule has 3 aromatic rings. The van der Waals surface area contributed by atoms with Gasteiger partial charge in [-0.2, -0.15) is 23.4 Å². The van der Waals surface area contributed by atoms with E-state index in [-0.39, 0.29) is 18.2 Å². The summed E-state index contributed by atoms with van der Waals surface area (Å²) in [6.07, 6.45) is 0.0587. The average Bonchev–Trinajstić information content (AvgIpc) is 3.50. The van der Waals surface area contributed by atoms with Crippen LogP contribution in [0.2, 0.25) is 0 Å². The van der Waals surface area contributed by atoms with Crippen LogP contribution in [0.1, 0.15) is 47.8 Å². The van der Waals surface area contributed by atoms with E-state index in [1.165, 1.54) is 11.9 Å². The molecule has 39 heavy (non-hydrogen) atoms. The number of nitrogens with zero attached hydrogens (tertiary/aromatic N) is 4. The summed E-state index contributed by atoms with van der Waals surface area (Å²) in [5.41, 5.74) is 2.98. The molecule has 0 unspecified atom stereocenters. The number of hydrazone groups is 1. The van der Waals surface area contributed by atoms with Gasteiger partial charge in [-0.1, -0.05) is 24.3 Å². The maximum atomic E-state index is 13.6. The van der Waals surface area contributed by atoms with Crippen molar-refractivity contribution in [1.82, 2.24) is 14.8 Å². The summed E-state index contributed by atoms with van der Waals surface area (Å²) in [4.78, 5) is 13.6. The number of methoxy groups -OCH3 is 2. The first kappa shape index (κ1) is 26.5.